The Hall–Kier alpha value is -2.40. The van der Waals surface area contributed by atoms with Crippen molar-refractivity contribution >= 4 is 22.2 Å². The smallest absolute Gasteiger partial charge is 0.315 e. The molecular formula is C17H14F3N3OS. The second kappa shape index (κ2) is 6.15. The Bertz CT molecular complexity index is 863. The molecule has 1 fully saturated rings. The third-order valence-corrected chi connectivity index (χ3v) is 5.15. The van der Waals surface area contributed by atoms with E-state index in [2.05, 4.69) is 10.3 Å². The minimum absolute atomic E-state index is 0.245. The van der Waals surface area contributed by atoms with Crippen molar-refractivity contribution in [1.82, 2.24) is 4.98 Å². The minimum Gasteiger partial charge on any atom is -0.315 e. The maximum atomic E-state index is 12.8. The normalized spacial score (nSPS) is 15.5. The van der Waals surface area contributed by atoms with E-state index in [0.717, 1.165) is 12.1 Å². The highest BCUT2D eigenvalue weighted by Crippen LogP contribution is 2.46. The number of benzene rings is 1. The number of alkyl halides is 3. The van der Waals surface area contributed by atoms with Crippen LogP contribution in [-0.2, 0) is 17.4 Å². The quantitative estimate of drug-likeness (QED) is 0.878. The summed E-state index contributed by atoms with van der Waals surface area (Å²) in [5.74, 6) is -0.340. The second-order valence-electron chi connectivity index (χ2n) is 6.05. The molecule has 0 saturated heterocycles. The van der Waals surface area contributed by atoms with Crippen LogP contribution < -0.4 is 5.32 Å². The zero-order valence-corrected chi connectivity index (χ0v) is 14.1. The number of nitrogens with zero attached hydrogens (tertiary/aromatic N) is 2. The van der Waals surface area contributed by atoms with Gasteiger partial charge in [-0.05, 0) is 31.4 Å². The number of rotatable bonds is 4. The maximum absolute atomic E-state index is 12.8. The fourth-order valence-corrected chi connectivity index (χ4v) is 3.41. The van der Waals surface area contributed by atoms with E-state index in [1.165, 1.54) is 17.4 Å². The molecule has 130 valence electrons. The number of carbonyl (C=O) groups is 1. The summed E-state index contributed by atoms with van der Waals surface area (Å²) in [5.41, 5.74) is -0.542. The van der Waals surface area contributed by atoms with Crippen molar-refractivity contribution in [2.75, 3.05) is 5.32 Å². The number of nitriles is 1. The van der Waals surface area contributed by atoms with Crippen LogP contribution in [0.5, 0.6) is 0 Å². The molecule has 0 spiro atoms. The molecule has 1 aliphatic carbocycles. The van der Waals surface area contributed by atoms with Gasteiger partial charge in [0.1, 0.15) is 10.4 Å². The molecule has 0 radical (unpaired) electrons. The van der Waals surface area contributed by atoms with Gasteiger partial charge in [-0.2, -0.15) is 18.4 Å². The Kier molecular flexibility index (Phi) is 4.29. The van der Waals surface area contributed by atoms with Crippen molar-refractivity contribution in [3.8, 4) is 6.07 Å². The Morgan fingerprint density at radius 1 is 1.44 bits per heavy atom. The molecule has 1 aliphatic rings. The number of halogens is 3. The van der Waals surface area contributed by atoms with E-state index in [-0.39, 0.29) is 12.3 Å². The van der Waals surface area contributed by atoms with Crippen LogP contribution in [-0.4, -0.2) is 10.9 Å². The number of amides is 1. The van der Waals surface area contributed by atoms with Crippen LogP contribution in [0.4, 0.5) is 18.2 Å². The van der Waals surface area contributed by atoms with E-state index in [1.807, 2.05) is 6.07 Å². The van der Waals surface area contributed by atoms with Crippen LogP contribution in [0.25, 0.3) is 0 Å². The second-order valence-corrected chi connectivity index (χ2v) is 7.13. The van der Waals surface area contributed by atoms with Crippen LogP contribution >= 0.6 is 11.3 Å². The molecule has 0 bridgehead atoms. The Morgan fingerprint density at radius 2 is 2.16 bits per heavy atom. The monoisotopic (exact) mass is 365 g/mol. The number of hydrogen-bond donors (Lipinski definition) is 1. The molecule has 0 aliphatic heterocycles. The summed E-state index contributed by atoms with van der Waals surface area (Å²) in [7, 11) is 0. The predicted octanol–water partition coefficient (Wildman–Crippen LogP) is 4.30. The largest absolute Gasteiger partial charge is 0.416 e. The zero-order valence-electron chi connectivity index (χ0n) is 13.3. The van der Waals surface area contributed by atoms with Crippen LogP contribution in [0.2, 0.25) is 0 Å². The van der Waals surface area contributed by atoms with Gasteiger partial charge in [-0.15, -0.1) is 11.3 Å². The molecule has 4 nitrogen and oxygen atoms in total. The summed E-state index contributed by atoms with van der Waals surface area (Å²) in [5, 5.41) is 12.9. The number of anilines is 1. The first kappa shape index (κ1) is 17.4. The van der Waals surface area contributed by atoms with E-state index in [9.17, 15) is 18.0 Å². The van der Waals surface area contributed by atoms with Crippen LogP contribution in [0.3, 0.4) is 0 Å². The van der Waals surface area contributed by atoms with Gasteiger partial charge in [0, 0.05) is 6.42 Å². The van der Waals surface area contributed by atoms with Gasteiger partial charge in [0.25, 0.3) is 0 Å². The number of aromatic nitrogens is 1. The SMILES string of the molecule is Cc1nc(Cc2cccc(C(F)(F)F)c2)sc1NC(=O)C1(C#N)CC1. The van der Waals surface area contributed by atoms with E-state index in [0.29, 0.717) is 34.1 Å². The van der Waals surface area contributed by atoms with Gasteiger partial charge in [-0.3, -0.25) is 4.79 Å². The predicted molar refractivity (Wildman–Crippen MR) is 87.0 cm³/mol. The van der Waals surface area contributed by atoms with Crippen molar-refractivity contribution < 1.29 is 18.0 Å². The number of thiazole rings is 1. The van der Waals surface area contributed by atoms with E-state index in [4.69, 9.17) is 5.26 Å². The van der Waals surface area contributed by atoms with Gasteiger partial charge in [0.05, 0.1) is 22.3 Å². The Balaban J connectivity index is 1.75. The fraction of sp³-hybridized carbons (Fsp3) is 0.353. The van der Waals surface area contributed by atoms with Crippen LogP contribution in [0.1, 0.15) is 34.7 Å². The minimum atomic E-state index is -4.39. The lowest BCUT2D eigenvalue weighted by atomic mass is 10.1. The van der Waals surface area contributed by atoms with Gasteiger partial charge in [-0.1, -0.05) is 18.2 Å². The van der Waals surface area contributed by atoms with Gasteiger partial charge in [0.2, 0.25) is 5.91 Å². The molecule has 0 unspecified atom stereocenters. The van der Waals surface area contributed by atoms with Crippen molar-refractivity contribution in [3.63, 3.8) is 0 Å². The highest BCUT2D eigenvalue weighted by molar-refractivity contribution is 7.16. The average Bonchev–Trinajstić information content (AvgIpc) is 3.28. The maximum Gasteiger partial charge on any atom is 0.416 e. The Morgan fingerprint density at radius 3 is 2.76 bits per heavy atom. The van der Waals surface area contributed by atoms with Crippen molar-refractivity contribution in [3.05, 3.63) is 46.1 Å². The lowest BCUT2D eigenvalue weighted by Crippen LogP contribution is -2.22. The first-order chi connectivity index (χ1) is 11.7. The highest BCUT2D eigenvalue weighted by Gasteiger charge is 2.50. The molecule has 25 heavy (non-hydrogen) atoms. The number of carbonyl (C=O) groups excluding carboxylic acids is 1. The lowest BCUT2D eigenvalue weighted by Gasteiger charge is -2.07. The Labute approximate surface area is 146 Å². The molecule has 1 heterocycles. The van der Waals surface area contributed by atoms with Crippen molar-refractivity contribution in [1.29, 1.82) is 5.26 Å². The van der Waals surface area contributed by atoms with E-state index in [1.54, 1.807) is 13.0 Å². The molecule has 1 saturated carbocycles. The van der Waals surface area contributed by atoms with Gasteiger partial charge in [0.15, 0.2) is 0 Å². The number of aryl methyl sites for hydroxylation is 1. The standard InChI is InChI=1S/C17H14F3N3OS/c1-10-14(23-15(24)16(9-21)5-6-16)25-13(22-10)8-11-3-2-4-12(7-11)17(18,19)20/h2-4,7H,5-6,8H2,1H3,(H,23,24). The third kappa shape index (κ3) is 3.66. The molecule has 2 aromatic rings. The van der Waals surface area contributed by atoms with Crippen LogP contribution in [0.15, 0.2) is 24.3 Å². The first-order valence-corrected chi connectivity index (χ1v) is 8.40. The van der Waals surface area contributed by atoms with E-state index >= 15 is 0 Å². The fourth-order valence-electron chi connectivity index (χ4n) is 2.41. The summed E-state index contributed by atoms with van der Waals surface area (Å²) in [6, 6.07) is 7.13. The average molecular weight is 365 g/mol. The molecular weight excluding hydrogens is 351 g/mol. The summed E-state index contributed by atoms with van der Waals surface area (Å²) in [6.45, 7) is 1.72. The molecule has 0 atom stereocenters. The molecule has 1 N–H and O–H groups in total. The van der Waals surface area contributed by atoms with Gasteiger partial charge >= 0.3 is 6.18 Å². The number of hydrogen-bond acceptors (Lipinski definition) is 4. The highest BCUT2D eigenvalue weighted by atomic mass is 32.1. The molecule has 3 rings (SSSR count). The lowest BCUT2D eigenvalue weighted by molar-refractivity contribution is -0.137. The molecule has 1 aromatic heterocycles. The first-order valence-electron chi connectivity index (χ1n) is 7.59. The summed E-state index contributed by atoms with van der Waals surface area (Å²) >= 11 is 1.22. The molecule has 1 amide bonds. The van der Waals surface area contributed by atoms with Gasteiger partial charge in [-0.25, -0.2) is 4.98 Å². The van der Waals surface area contributed by atoms with Crippen LogP contribution in [0, 0.1) is 23.7 Å². The summed E-state index contributed by atoms with van der Waals surface area (Å²) < 4.78 is 38.3. The van der Waals surface area contributed by atoms with Crippen molar-refractivity contribution in [2.45, 2.75) is 32.4 Å². The van der Waals surface area contributed by atoms with E-state index < -0.39 is 17.2 Å². The zero-order chi connectivity index (χ0) is 18.2. The number of nitrogens with one attached hydrogen (secondary N) is 1. The summed E-state index contributed by atoms with van der Waals surface area (Å²) in [4.78, 5) is 16.4. The molecule has 8 heteroatoms. The third-order valence-electron chi connectivity index (χ3n) is 4.08. The topological polar surface area (TPSA) is 65.8 Å². The summed E-state index contributed by atoms with van der Waals surface area (Å²) in [6.07, 6.45) is -3.05. The molecule has 1 aromatic carbocycles. The van der Waals surface area contributed by atoms with Gasteiger partial charge < -0.3 is 5.32 Å². The van der Waals surface area contributed by atoms with Crippen molar-refractivity contribution in [2.24, 2.45) is 5.41 Å².